The third kappa shape index (κ3) is 8.44. The van der Waals surface area contributed by atoms with E-state index in [1.807, 2.05) is 0 Å². The van der Waals surface area contributed by atoms with Gasteiger partial charge in [0.25, 0.3) is 0 Å². The predicted octanol–water partition coefficient (Wildman–Crippen LogP) is 4.10. The number of ether oxygens (including phenoxy) is 5. The van der Waals surface area contributed by atoms with Gasteiger partial charge in [-0.05, 0) is 32.1 Å². The quantitative estimate of drug-likeness (QED) is 0.401. The molecule has 5 nitrogen and oxygen atoms in total. The lowest BCUT2D eigenvalue weighted by Gasteiger charge is -2.38. The standard InChI is InChI=1S/C17H36O5/c1-6-11-18-16(19-12-7-2)17(20-13-8-3,21-14-9-4)22-15-10-5/h16H,6-15H2,1-5H3. The third-order valence-corrected chi connectivity index (χ3v) is 2.76. The maximum absolute atomic E-state index is 5.94. The molecule has 0 N–H and O–H groups in total. The fourth-order valence-electron chi connectivity index (χ4n) is 1.76. The molecule has 0 atom stereocenters. The summed E-state index contributed by atoms with van der Waals surface area (Å²) in [4.78, 5) is 0. The molecule has 0 amide bonds. The van der Waals surface area contributed by atoms with Crippen molar-refractivity contribution in [3.63, 3.8) is 0 Å². The van der Waals surface area contributed by atoms with Crippen molar-refractivity contribution in [2.24, 2.45) is 0 Å². The highest BCUT2D eigenvalue weighted by atomic mass is 16.9. The largest absolute Gasteiger partial charge is 0.346 e. The molecular weight excluding hydrogens is 284 g/mol. The zero-order chi connectivity index (χ0) is 16.7. The van der Waals surface area contributed by atoms with Gasteiger partial charge in [-0.2, -0.15) is 0 Å². The van der Waals surface area contributed by atoms with Crippen LogP contribution in [0.2, 0.25) is 0 Å². The molecule has 0 spiro atoms. The van der Waals surface area contributed by atoms with Gasteiger partial charge in [-0.25, -0.2) is 0 Å². The lowest BCUT2D eigenvalue weighted by atomic mass is 10.4. The Bertz CT molecular complexity index is 205. The van der Waals surface area contributed by atoms with Crippen LogP contribution in [0.15, 0.2) is 0 Å². The van der Waals surface area contributed by atoms with Gasteiger partial charge in [0.05, 0.1) is 19.8 Å². The Kier molecular flexibility index (Phi) is 14.3. The van der Waals surface area contributed by atoms with Crippen LogP contribution >= 0.6 is 0 Å². The highest BCUT2D eigenvalue weighted by Gasteiger charge is 2.45. The first kappa shape index (κ1) is 21.8. The summed E-state index contributed by atoms with van der Waals surface area (Å²) in [6.45, 7) is 13.1. The second kappa shape index (κ2) is 14.4. The van der Waals surface area contributed by atoms with Gasteiger partial charge in [-0.1, -0.05) is 34.6 Å². The van der Waals surface area contributed by atoms with Crippen molar-refractivity contribution in [2.45, 2.75) is 79.0 Å². The van der Waals surface area contributed by atoms with Gasteiger partial charge in [-0.15, -0.1) is 0 Å². The van der Waals surface area contributed by atoms with Crippen LogP contribution in [0.3, 0.4) is 0 Å². The summed E-state index contributed by atoms with van der Waals surface area (Å²) >= 11 is 0. The molecule has 134 valence electrons. The van der Waals surface area contributed by atoms with E-state index in [9.17, 15) is 0 Å². The Balaban J connectivity index is 5.13. The summed E-state index contributed by atoms with van der Waals surface area (Å²) in [6.07, 6.45) is 3.76. The Hall–Kier alpha value is -0.200. The summed E-state index contributed by atoms with van der Waals surface area (Å²) in [5.41, 5.74) is 0. The van der Waals surface area contributed by atoms with Crippen LogP contribution in [0.4, 0.5) is 0 Å². The average Bonchev–Trinajstić information content (AvgIpc) is 2.55. The molecule has 0 aliphatic carbocycles. The van der Waals surface area contributed by atoms with Gasteiger partial charge < -0.3 is 23.7 Å². The molecule has 0 saturated heterocycles. The van der Waals surface area contributed by atoms with Crippen molar-refractivity contribution in [1.29, 1.82) is 0 Å². The van der Waals surface area contributed by atoms with Crippen LogP contribution < -0.4 is 0 Å². The minimum atomic E-state index is -1.27. The molecule has 0 bridgehead atoms. The first-order valence-corrected chi connectivity index (χ1v) is 8.85. The zero-order valence-electron chi connectivity index (χ0n) is 15.2. The Morgan fingerprint density at radius 3 is 1.14 bits per heavy atom. The zero-order valence-corrected chi connectivity index (χ0v) is 15.2. The summed E-state index contributed by atoms with van der Waals surface area (Å²) in [7, 11) is 0. The number of hydrogen-bond acceptors (Lipinski definition) is 5. The van der Waals surface area contributed by atoms with E-state index >= 15 is 0 Å². The van der Waals surface area contributed by atoms with Crippen LogP contribution in [0.25, 0.3) is 0 Å². The van der Waals surface area contributed by atoms with E-state index in [-0.39, 0.29) is 0 Å². The van der Waals surface area contributed by atoms with E-state index in [0.717, 1.165) is 32.1 Å². The maximum Gasteiger partial charge on any atom is 0.337 e. The second-order valence-electron chi connectivity index (χ2n) is 5.22. The van der Waals surface area contributed by atoms with Crippen molar-refractivity contribution in [1.82, 2.24) is 0 Å². The molecule has 5 heteroatoms. The third-order valence-electron chi connectivity index (χ3n) is 2.76. The second-order valence-corrected chi connectivity index (χ2v) is 5.22. The summed E-state index contributed by atoms with van der Waals surface area (Å²) in [5, 5.41) is 0. The van der Waals surface area contributed by atoms with E-state index in [1.54, 1.807) is 0 Å². The maximum atomic E-state index is 5.94. The van der Waals surface area contributed by atoms with Gasteiger partial charge in [0, 0.05) is 13.2 Å². The molecule has 0 radical (unpaired) electrons. The van der Waals surface area contributed by atoms with E-state index in [1.165, 1.54) is 0 Å². The van der Waals surface area contributed by atoms with Gasteiger partial charge in [-0.3, -0.25) is 0 Å². The fraction of sp³-hybridized carbons (Fsp3) is 1.00. The summed E-state index contributed by atoms with van der Waals surface area (Å²) in [5.74, 6) is -1.27. The van der Waals surface area contributed by atoms with Crippen molar-refractivity contribution in [2.75, 3.05) is 33.0 Å². The molecule has 0 aromatic heterocycles. The van der Waals surface area contributed by atoms with E-state index in [0.29, 0.717) is 33.0 Å². The number of hydrogen-bond donors (Lipinski definition) is 0. The minimum absolute atomic E-state index is 0.537. The average molecular weight is 320 g/mol. The van der Waals surface area contributed by atoms with Crippen molar-refractivity contribution >= 4 is 0 Å². The van der Waals surface area contributed by atoms with Crippen LogP contribution in [-0.4, -0.2) is 45.3 Å². The van der Waals surface area contributed by atoms with Crippen molar-refractivity contribution in [3.05, 3.63) is 0 Å². The Labute approximate surface area is 136 Å². The minimum Gasteiger partial charge on any atom is -0.346 e. The molecule has 0 aromatic carbocycles. The van der Waals surface area contributed by atoms with Crippen LogP contribution in [-0.2, 0) is 23.7 Å². The smallest absolute Gasteiger partial charge is 0.337 e. The number of rotatable bonds is 16. The highest BCUT2D eigenvalue weighted by Crippen LogP contribution is 2.26. The molecule has 0 saturated carbocycles. The molecule has 0 rings (SSSR count). The van der Waals surface area contributed by atoms with Crippen LogP contribution in [0.1, 0.15) is 66.7 Å². The molecule has 0 aromatic rings. The molecular formula is C17H36O5. The predicted molar refractivity (Wildman–Crippen MR) is 87.7 cm³/mol. The van der Waals surface area contributed by atoms with Crippen LogP contribution in [0, 0.1) is 0 Å². The Morgan fingerprint density at radius 1 is 0.545 bits per heavy atom. The van der Waals surface area contributed by atoms with E-state index < -0.39 is 12.3 Å². The topological polar surface area (TPSA) is 46.2 Å². The molecule has 0 unspecified atom stereocenters. The summed E-state index contributed by atoms with van der Waals surface area (Å²) in [6, 6.07) is 0. The van der Waals surface area contributed by atoms with E-state index in [2.05, 4.69) is 34.6 Å². The van der Waals surface area contributed by atoms with Crippen molar-refractivity contribution < 1.29 is 23.7 Å². The Morgan fingerprint density at radius 2 is 0.864 bits per heavy atom. The normalized spacial score (nSPS) is 12.3. The van der Waals surface area contributed by atoms with Gasteiger partial charge in [0.2, 0.25) is 6.29 Å². The first-order valence-electron chi connectivity index (χ1n) is 8.85. The lowest BCUT2D eigenvalue weighted by Crippen LogP contribution is -2.53. The van der Waals surface area contributed by atoms with Crippen molar-refractivity contribution in [3.8, 4) is 0 Å². The van der Waals surface area contributed by atoms with E-state index in [4.69, 9.17) is 23.7 Å². The molecule has 0 fully saturated rings. The fourth-order valence-corrected chi connectivity index (χ4v) is 1.76. The van der Waals surface area contributed by atoms with Gasteiger partial charge >= 0.3 is 5.97 Å². The highest BCUT2D eigenvalue weighted by molar-refractivity contribution is 4.65. The molecule has 0 aliphatic heterocycles. The summed E-state index contributed by atoms with van der Waals surface area (Å²) < 4.78 is 29.5. The lowest BCUT2D eigenvalue weighted by molar-refractivity contribution is -0.456. The monoisotopic (exact) mass is 320 g/mol. The molecule has 22 heavy (non-hydrogen) atoms. The molecule has 0 aliphatic rings. The van der Waals surface area contributed by atoms with Gasteiger partial charge in [0.1, 0.15) is 0 Å². The van der Waals surface area contributed by atoms with Gasteiger partial charge in [0.15, 0.2) is 0 Å². The van der Waals surface area contributed by atoms with Crippen LogP contribution in [0.5, 0.6) is 0 Å². The SMILES string of the molecule is CCCOC(OCCC)C(OCCC)(OCCC)OCCC. The molecule has 0 heterocycles. The first-order chi connectivity index (χ1) is 10.7.